The van der Waals surface area contributed by atoms with Crippen molar-refractivity contribution < 1.29 is 4.74 Å². The summed E-state index contributed by atoms with van der Waals surface area (Å²) in [6.45, 7) is 10.7. The Balaban J connectivity index is 2.04. The maximum Gasteiger partial charge on any atom is 0.191 e. The van der Waals surface area contributed by atoms with Crippen LogP contribution in [0.1, 0.15) is 31.2 Å². The Bertz CT molecular complexity index is 721. The zero-order chi connectivity index (χ0) is 15.2. The number of thiophene rings is 1. The summed E-state index contributed by atoms with van der Waals surface area (Å²) in [6.07, 6.45) is 0.855. The van der Waals surface area contributed by atoms with Gasteiger partial charge in [0.1, 0.15) is 10.6 Å². The molecule has 0 unspecified atom stereocenters. The smallest absolute Gasteiger partial charge is 0.191 e. The first-order valence-corrected chi connectivity index (χ1v) is 8.65. The molecular formula is C15H19N3OS2. The number of nitrogens with zero attached hydrogens (tertiary/aromatic N) is 2. The molecule has 1 aliphatic heterocycles. The van der Waals surface area contributed by atoms with Crippen LogP contribution in [0.3, 0.4) is 0 Å². The van der Waals surface area contributed by atoms with Gasteiger partial charge in [-0.1, -0.05) is 23.9 Å². The lowest BCUT2D eigenvalue weighted by Gasteiger charge is -2.30. The lowest BCUT2D eigenvalue weighted by Crippen LogP contribution is -2.31. The molecule has 0 bridgehead atoms. The summed E-state index contributed by atoms with van der Waals surface area (Å²) in [5.74, 6) is 1.39. The third-order valence-electron chi connectivity index (χ3n) is 3.39. The van der Waals surface area contributed by atoms with E-state index in [9.17, 15) is 0 Å². The van der Waals surface area contributed by atoms with Gasteiger partial charge in [0.05, 0.1) is 17.6 Å². The van der Waals surface area contributed by atoms with Gasteiger partial charge in [0.15, 0.2) is 5.16 Å². The van der Waals surface area contributed by atoms with E-state index in [2.05, 4.69) is 30.4 Å². The molecule has 2 aromatic rings. The number of anilines is 1. The number of fused-ring (bicyclic) bond motifs is 3. The third-order valence-corrected chi connectivity index (χ3v) is 5.56. The molecule has 0 spiro atoms. The Kier molecular flexibility index (Phi) is 3.71. The minimum absolute atomic E-state index is 0.152. The molecule has 3 rings (SSSR count). The number of nitrogens with two attached hydrogens (primary N) is 1. The van der Waals surface area contributed by atoms with Crippen molar-refractivity contribution in [3.8, 4) is 0 Å². The Morgan fingerprint density at radius 2 is 2.24 bits per heavy atom. The molecule has 6 heteroatoms. The highest BCUT2D eigenvalue weighted by Gasteiger charge is 2.30. The van der Waals surface area contributed by atoms with Gasteiger partial charge in [0.25, 0.3) is 0 Å². The van der Waals surface area contributed by atoms with Crippen molar-refractivity contribution in [2.45, 2.75) is 44.6 Å². The van der Waals surface area contributed by atoms with Crippen LogP contribution in [0.4, 0.5) is 5.82 Å². The average Bonchev–Trinajstić information content (AvgIpc) is 2.73. The van der Waals surface area contributed by atoms with E-state index in [0.29, 0.717) is 12.4 Å². The standard InChI is InChI=1S/C15H19N3OS2/c1-8(2)7-20-14-17-12(16)11-9-5-15(3,4)19-6-10(9)21-13(11)18-14/h1,5-7H2,2-4H3,(H2,16,17,18). The molecule has 0 saturated heterocycles. The fraction of sp³-hybridized carbons (Fsp3) is 0.467. The van der Waals surface area contributed by atoms with Crippen LogP contribution < -0.4 is 5.73 Å². The van der Waals surface area contributed by atoms with Crippen LogP contribution in [0.5, 0.6) is 0 Å². The molecule has 2 N–H and O–H groups in total. The summed E-state index contributed by atoms with van der Waals surface area (Å²) < 4.78 is 5.88. The van der Waals surface area contributed by atoms with Crippen LogP contribution in [-0.4, -0.2) is 21.3 Å². The summed E-state index contributed by atoms with van der Waals surface area (Å²) >= 11 is 3.25. The molecule has 0 atom stereocenters. The Morgan fingerprint density at radius 3 is 2.95 bits per heavy atom. The van der Waals surface area contributed by atoms with Crippen molar-refractivity contribution in [3.63, 3.8) is 0 Å². The first-order chi connectivity index (χ1) is 9.85. The molecule has 0 saturated carbocycles. The van der Waals surface area contributed by atoms with Crippen LogP contribution >= 0.6 is 23.1 Å². The second-order valence-electron chi connectivity index (χ2n) is 6.05. The largest absolute Gasteiger partial charge is 0.383 e. The molecule has 21 heavy (non-hydrogen) atoms. The fourth-order valence-electron chi connectivity index (χ4n) is 2.41. The van der Waals surface area contributed by atoms with E-state index in [1.165, 1.54) is 10.4 Å². The molecule has 0 amide bonds. The number of hydrogen-bond acceptors (Lipinski definition) is 6. The van der Waals surface area contributed by atoms with E-state index in [4.69, 9.17) is 10.5 Å². The summed E-state index contributed by atoms with van der Waals surface area (Å²) in [6, 6.07) is 0. The SMILES string of the molecule is C=C(C)CSc1nc(N)c2c3c(sc2n1)COC(C)(C)C3. The summed E-state index contributed by atoms with van der Waals surface area (Å²) in [5.41, 5.74) is 8.41. The number of ether oxygens (including phenoxy) is 1. The predicted molar refractivity (Wildman–Crippen MR) is 89.9 cm³/mol. The van der Waals surface area contributed by atoms with Gasteiger partial charge in [-0.15, -0.1) is 11.3 Å². The van der Waals surface area contributed by atoms with Gasteiger partial charge in [0, 0.05) is 17.1 Å². The molecule has 0 aliphatic carbocycles. The van der Waals surface area contributed by atoms with E-state index in [0.717, 1.165) is 33.1 Å². The maximum absolute atomic E-state index is 6.20. The van der Waals surface area contributed by atoms with E-state index in [-0.39, 0.29) is 5.60 Å². The van der Waals surface area contributed by atoms with Gasteiger partial charge in [-0.25, -0.2) is 9.97 Å². The number of rotatable bonds is 3. The summed E-state index contributed by atoms with van der Waals surface area (Å²) in [7, 11) is 0. The number of aromatic nitrogens is 2. The van der Waals surface area contributed by atoms with Gasteiger partial charge in [-0.3, -0.25) is 0 Å². The van der Waals surface area contributed by atoms with Gasteiger partial charge < -0.3 is 10.5 Å². The molecule has 2 aromatic heterocycles. The van der Waals surface area contributed by atoms with E-state index in [1.54, 1.807) is 23.1 Å². The Morgan fingerprint density at radius 1 is 1.48 bits per heavy atom. The lowest BCUT2D eigenvalue weighted by molar-refractivity contribution is -0.0379. The van der Waals surface area contributed by atoms with Crippen molar-refractivity contribution in [2.24, 2.45) is 0 Å². The summed E-state index contributed by atoms with van der Waals surface area (Å²) in [5, 5.41) is 1.74. The maximum atomic E-state index is 6.20. The molecule has 0 aromatic carbocycles. The van der Waals surface area contributed by atoms with Gasteiger partial charge in [-0.2, -0.15) is 0 Å². The third kappa shape index (κ3) is 2.93. The minimum Gasteiger partial charge on any atom is -0.383 e. The van der Waals surface area contributed by atoms with E-state index < -0.39 is 0 Å². The topological polar surface area (TPSA) is 61.0 Å². The normalized spacial score (nSPS) is 16.9. The highest BCUT2D eigenvalue weighted by atomic mass is 32.2. The first kappa shape index (κ1) is 14.8. The van der Waals surface area contributed by atoms with Crippen molar-refractivity contribution in [1.29, 1.82) is 0 Å². The van der Waals surface area contributed by atoms with Crippen LogP contribution in [0, 0.1) is 0 Å². The minimum atomic E-state index is -0.152. The number of thioether (sulfide) groups is 1. The second kappa shape index (κ2) is 5.26. The van der Waals surface area contributed by atoms with Crippen LogP contribution in [0.2, 0.25) is 0 Å². The van der Waals surface area contributed by atoms with Crippen LogP contribution in [0.15, 0.2) is 17.3 Å². The van der Waals surface area contributed by atoms with Crippen LogP contribution in [-0.2, 0) is 17.8 Å². The quantitative estimate of drug-likeness (QED) is 0.529. The highest BCUT2D eigenvalue weighted by molar-refractivity contribution is 7.99. The fourth-order valence-corrected chi connectivity index (χ4v) is 4.27. The second-order valence-corrected chi connectivity index (χ2v) is 8.07. The van der Waals surface area contributed by atoms with Gasteiger partial charge >= 0.3 is 0 Å². The Labute approximate surface area is 132 Å². The number of hydrogen-bond donors (Lipinski definition) is 1. The molecule has 112 valence electrons. The number of nitrogen functional groups attached to an aromatic ring is 1. The molecular weight excluding hydrogens is 302 g/mol. The monoisotopic (exact) mass is 321 g/mol. The molecule has 0 radical (unpaired) electrons. The van der Waals surface area contributed by atoms with Gasteiger partial charge in [-0.05, 0) is 26.3 Å². The Hall–Kier alpha value is -1.11. The highest BCUT2D eigenvalue weighted by Crippen LogP contribution is 2.40. The van der Waals surface area contributed by atoms with Gasteiger partial charge in [0.2, 0.25) is 0 Å². The molecule has 0 fully saturated rings. The molecule has 3 heterocycles. The zero-order valence-electron chi connectivity index (χ0n) is 12.5. The lowest BCUT2D eigenvalue weighted by atomic mass is 9.94. The van der Waals surface area contributed by atoms with E-state index >= 15 is 0 Å². The van der Waals surface area contributed by atoms with Crippen molar-refractivity contribution in [1.82, 2.24) is 9.97 Å². The summed E-state index contributed by atoms with van der Waals surface area (Å²) in [4.78, 5) is 11.3. The average molecular weight is 321 g/mol. The van der Waals surface area contributed by atoms with Crippen molar-refractivity contribution >= 4 is 39.1 Å². The zero-order valence-corrected chi connectivity index (χ0v) is 14.2. The first-order valence-electron chi connectivity index (χ1n) is 6.84. The van der Waals surface area contributed by atoms with Crippen LogP contribution in [0.25, 0.3) is 10.2 Å². The molecule has 1 aliphatic rings. The van der Waals surface area contributed by atoms with E-state index in [1.807, 2.05) is 6.92 Å². The predicted octanol–water partition coefficient (Wildman–Crippen LogP) is 3.79. The van der Waals surface area contributed by atoms with Crippen molar-refractivity contribution in [3.05, 3.63) is 22.6 Å². The molecule has 4 nitrogen and oxygen atoms in total. The van der Waals surface area contributed by atoms with Crippen molar-refractivity contribution in [2.75, 3.05) is 11.5 Å².